The summed E-state index contributed by atoms with van der Waals surface area (Å²) in [6, 6.07) is 6.42. The molecule has 0 aliphatic heterocycles. The zero-order chi connectivity index (χ0) is 9.00. The van der Waals surface area contributed by atoms with E-state index in [4.69, 9.17) is 5.73 Å². The fourth-order valence-corrected chi connectivity index (χ4v) is 3.36. The van der Waals surface area contributed by atoms with Crippen LogP contribution in [0.2, 0.25) is 0 Å². The van der Waals surface area contributed by atoms with Gasteiger partial charge in [0.2, 0.25) is 0 Å². The van der Waals surface area contributed by atoms with Crippen LogP contribution in [-0.2, 0) is 0 Å². The summed E-state index contributed by atoms with van der Waals surface area (Å²) in [4.78, 5) is 0. The lowest BCUT2D eigenvalue weighted by atomic mass is 9.91. The Morgan fingerprint density at radius 1 is 1.23 bits per heavy atom. The van der Waals surface area contributed by atoms with Crippen molar-refractivity contribution < 1.29 is 0 Å². The number of nitrogens with two attached hydrogens (primary N) is 1. The summed E-state index contributed by atoms with van der Waals surface area (Å²) < 4.78 is 0. The number of rotatable bonds is 0. The molecule has 1 saturated carbocycles. The second-order valence-electron chi connectivity index (χ2n) is 4.50. The van der Waals surface area contributed by atoms with Crippen molar-refractivity contribution in [2.45, 2.75) is 31.6 Å². The van der Waals surface area contributed by atoms with Crippen LogP contribution in [0.25, 0.3) is 0 Å². The number of benzene rings is 1. The zero-order valence-electron chi connectivity index (χ0n) is 7.96. The minimum absolute atomic E-state index is 0.765. The monoisotopic (exact) mass is 173 g/mol. The van der Waals surface area contributed by atoms with Gasteiger partial charge >= 0.3 is 0 Å². The van der Waals surface area contributed by atoms with Gasteiger partial charge in [0, 0.05) is 5.69 Å². The van der Waals surface area contributed by atoms with Crippen LogP contribution in [0.5, 0.6) is 0 Å². The average Bonchev–Trinajstić information content (AvgIpc) is 2.61. The number of fused-ring (bicyclic) bond motifs is 5. The Labute approximate surface area is 78.9 Å². The molecule has 3 rings (SSSR count). The molecule has 0 amide bonds. The van der Waals surface area contributed by atoms with Gasteiger partial charge in [-0.1, -0.05) is 19.1 Å². The van der Waals surface area contributed by atoms with Crippen LogP contribution in [0.15, 0.2) is 18.2 Å². The van der Waals surface area contributed by atoms with Crippen LogP contribution in [0, 0.1) is 5.92 Å². The normalized spacial score (nSPS) is 35.0. The number of hydrogen-bond acceptors (Lipinski definition) is 1. The van der Waals surface area contributed by atoms with E-state index < -0.39 is 0 Å². The lowest BCUT2D eigenvalue weighted by Crippen LogP contribution is -2.02. The third-order valence-corrected chi connectivity index (χ3v) is 4.00. The minimum Gasteiger partial charge on any atom is -0.398 e. The molecule has 0 heterocycles. The molecule has 0 spiro atoms. The summed E-state index contributed by atoms with van der Waals surface area (Å²) in [5, 5.41) is 0. The smallest absolute Gasteiger partial charge is 0.0352 e. The van der Waals surface area contributed by atoms with Gasteiger partial charge in [0.05, 0.1) is 0 Å². The van der Waals surface area contributed by atoms with E-state index in [0.29, 0.717) is 0 Å². The molecule has 1 aromatic carbocycles. The molecule has 2 aliphatic rings. The Balaban J connectivity index is 2.24. The molecule has 2 bridgehead atoms. The Kier molecular flexibility index (Phi) is 1.30. The summed E-state index contributed by atoms with van der Waals surface area (Å²) in [7, 11) is 0. The van der Waals surface area contributed by atoms with Gasteiger partial charge in [0.1, 0.15) is 0 Å². The van der Waals surface area contributed by atoms with E-state index in [1.165, 1.54) is 18.4 Å². The predicted octanol–water partition coefficient (Wildman–Crippen LogP) is 2.88. The first-order valence-corrected chi connectivity index (χ1v) is 5.17. The molecule has 3 atom stereocenters. The second kappa shape index (κ2) is 2.28. The van der Waals surface area contributed by atoms with Crippen LogP contribution < -0.4 is 5.73 Å². The first-order chi connectivity index (χ1) is 6.29. The Hall–Kier alpha value is -0.980. The molecule has 1 aromatic rings. The standard InChI is InChI=1S/C12H15N/c1-7-8-5-6-9(7)12-10(8)3-2-4-11(12)13/h2-4,7-9H,5-6,13H2,1H3/t7-,8-,9?/m0/s1. The van der Waals surface area contributed by atoms with Crippen molar-refractivity contribution in [2.24, 2.45) is 5.92 Å². The highest BCUT2D eigenvalue weighted by atomic mass is 14.6. The molecule has 0 saturated heterocycles. The second-order valence-corrected chi connectivity index (χ2v) is 4.50. The van der Waals surface area contributed by atoms with Gasteiger partial charge < -0.3 is 5.73 Å². The first-order valence-electron chi connectivity index (χ1n) is 5.17. The van der Waals surface area contributed by atoms with Crippen molar-refractivity contribution in [3.05, 3.63) is 29.3 Å². The molecule has 1 unspecified atom stereocenters. The first kappa shape index (κ1) is 7.43. The largest absolute Gasteiger partial charge is 0.398 e. The van der Waals surface area contributed by atoms with Crippen molar-refractivity contribution in [1.29, 1.82) is 0 Å². The maximum atomic E-state index is 6.02. The van der Waals surface area contributed by atoms with E-state index in [9.17, 15) is 0 Å². The maximum Gasteiger partial charge on any atom is 0.0352 e. The van der Waals surface area contributed by atoms with Gasteiger partial charge in [-0.3, -0.25) is 0 Å². The average molecular weight is 173 g/mol. The van der Waals surface area contributed by atoms with Crippen LogP contribution in [0.4, 0.5) is 5.69 Å². The van der Waals surface area contributed by atoms with Gasteiger partial charge in [-0.05, 0) is 47.8 Å². The van der Waals surface area contributed by atoms with E-state index in [1.54, 1.807) is 5.56 Å². The summed E-state index contributed by atoms with van der Waals surface area (Å²) >= 11 is 0. The Morgan fingerprint density at radius 2 is 2.00 bits per heavy atom. The minimum atomic E-state index is 0.765. The van der Waals surface area contributed by atoms with Crippen molar-refractivity contribution >= 4 is 5.69 Å². The molecule has 13 heavy (non-hydrogen) atoms. The number of hydrogen-bond donors (Lipinski definition) is 1. The molecule has 2 N–H and O–H groups in total. The molecule has 0 radical (unpaired) electrons. The van der Waals surface area contributed by atoms with E-state index in [-0.39, 0.29) is 0 Å². The highest BCUT2D eigenvalue weighted by Gasteiger charge is 2.43. The highest BCUT2D eigenvalue weighted by molar-refractivity contribution is 5.58. The van der Waals surface area contributed by atoms with Crippen molar-refractivity contribution in [3.63, 3.8) is 0 Å². The lowest BCUT2D eigenvalue weighted by Gasteiger charge is -2.16. The Morgan fingerprint density at radius 3 is 2.77 bits per heavy atom. The van der Waals surface area contributed by atoms with Crippen LogP contribution in [0.1, 0.15) is 42.7 Å². The van der Waals surface area contributed by atoms with Crippen molar-refractivity contribution in [2.75, 3.05) is 5.73 Å². The van der Waals surface area contributed by atoms with Crippen molar-refractivity contribution in [1.82, 2.24) is 0 Å². The molecule has 0 aromatic heterocycles. The van der Waals surface area contributed by atoms with Gasteiger partial charge in [-0.25, -0.2) is 0 Å². The zero-order valence-corrected chi connectivity index (χ0v) is 7.96. The molecule has 1 heteroatoms. The summed E-state index contributed by atoms with van der Waals surface area (Å²) in [5.74, 6) is 2.41. The van der Waals surface area contributed by atoms with E-state index in [1.807, 2.05) is 6.07 Å². The molecular weight excluding hydrogens is 158 g/mol. The van der Waals surface area contributed by atoms with Gasteiger partial charge in [0.25, 0.3) is 0 Å². The van der Waals surface area contributed by atoms with E-state index >= 15 is 0 Å². The third-order valence-electron chi connectivity index (χ3n) is 4.00. The highest BCUT2D eigenvalue weighted by Crippen LogP contribution is 2.58. The van der Waals surface area contributed by atoms with Crippen LogP contribution >= 0.6 is 0 Å². The van der Waals surface area contributed by atoms with Crippen LogP contribution in [0.3, 0.4) is 0 Å². The topological polar surface area (TPSA) is 26.0 Å². The van der Waals surface area contributed by atoms with Crippen molar-refractivity contribution in [3.8, 4) is 0 Å². The third kappa shape index (κ3) is 0.775. The fraction of sp³-hybridized carbons (Fsp3) is 0.500. The lowest BCUT2D eigenvalue weighted by molar-refractivity contribution is 0.532. The van der Waals surface area contributed by atoms with Crippen LogP contribution in [-0.4, -0.2) is 0 Å². The van der Waals surface area contributed by atoms with E-state index in [2.05, 4.69) is 19.1 Å². The molecule has 1 nitrogen and oxygen atoms in total. The molecule has 1 fully saturated rings. The van der Waals surface area contributed by atoms with Gasteiger partial charge in [0.15, 0.2) is 0 Å². The molecular formula is C12H15N. The van der Waals surface area contributed by atoms with Gasteiger partial charge in [-0.15, -0.1) is 0 Å². The fourth-order valence-electron chi connectivity index (χ4n) is 3.36. The number of nitrogen functional groups attached to an aromatic ring is 1. The van der Waals surface area contributed by atoms with E-state index in [0.717, 1.165) is 23.4 Å². The Bertz CT molecular complexity index is 356. The SMILES string of the molecule is C[C@@H]1C2CC[C@@H]1c1cccc(N)c12. The quantitative estimate of drug-likeness (QED) is 0.600. The summed E-state index contributed by atoms with van der Waals surface area (Å²) in [6.45, 7) is 2.38. The summed E-state index contributed by atoms with van der Waals surface area (Å²) in [5.41, 5.74) is 10.1. The maximum absolute atomic E-state index is 6.02. The number of anilines is 1. The predicted molar refractivity (Wildman–Crippen MR) is 54.7 cm³/mol. The van der Waals surface area contributed by atoms with Gasteiger partial charge in [-0.2, -0.15) is 0 Å². The molecule has 68 valence electrons. The molecule has 2 aliphatic carbocycles. The summed E-state index contributed by atoms with van der Waals surface area (Å²) in [6.07, 6.45) is 2.73.